The van der Waals surface area contributed by atoms with Gasteiger partial charge in [0.1, 0.15) is 6.54 Å². The summed E-state index contributed by atoms with van der Waals surface area (Å²) in [7, 11) is -0.849. The van der Waals surface area contributed by atoms with Crippen LogP contribution in [0.4, 0.5) is 5.69 Å². The summed E-state index contributed by atoms with van der Waals surface area (Å²) < 4.78 is 38.3. The number of ether oxygens (including phenoxy) is 2. The van der Waals surface area contributed by atoms with E-state index in [0.29, 0.717) is 17.2 Å². The van der Waals surface area contributed by atoms with Gasteiger partial charge in [-0.15, -0.1) is 0 Å². The zero-order valence-corrected chi connectivity index (χ0v) is 19.1. The van der Waals surface area contributed by atoms with Crippen molar-refractivity contribution in [3.05, 3.63) is 83.9 Å². The maximum Gasteiger partial charge on any atom is 0.264 e. The number of carbonyl (C=O) groups is 1. The summed E-state index contributed by atoms with van der Waals surface area (Å²) in [5.41, 5.74) is 2.15. The number of rotatable bonds is 9. The van der Waals surface area contributed by atoms with Gasteiger partial charge < -0.3 is 14.8 Å². The first kappa shape index (κ1) is 23.1. The molecule has 0 aliphatic carbocycles. The quantitative estimate of drug-likeness (QED) is 0.535. The van der Waals surface area contributed by atoms with E-state index < -0.39 is 15.9 Å². The Balaban J connectivity index is 1.80. The molecular formula is C24H26N2O5S. The van der Waals surface area contributed by atoms with Gasteiger partial charge in [0.15, 0.2) is 11.5 Å². The van der Waals surface area contributed by atoms with Crippen molar-refractivity contribution in [1.82, 2.24) is 5.32 Å². The predicted octanol–water partition coefficient (Wildman–Crippen LogP) is 3.52. The van der Waals surface area contributed by atoms with Gasteiger partial charge in [0.05, 0.1) is 24.8 Å². The molecule has 0 unspecified atom stereocenters. The van der Waals surface area contributed by atoms with Crippen LogP contribution >= 0.6 is 0 Å². The van der Waals surface area contributed by atoms with E-state index in [0.717, 1.165) is 15.4 Å². The lowest BCUT2D eigenvalue weighted by molar-refractivity contribution is -0.119. The fourth-order valence-electron chi connectivity index (χ4n) is 3.12. The zero-order valence-electron chi connectivity index (χ0n) is 18.2. The number of hydrogen-bond acceptors (Lipinski definition) is 5. The number of nitrogens with one attached hydrogen (secondary N) is 1. The maximum atomic E-state index is 13.3. The van der Waals surface area contributed by atoms with Crippen molar-refractivity contribution in [3.63, 3.8) is 0 Å². The first-order chi connectivity index (χ1) is 15.3. The Morgan fingerprint density at radius 2 is 1.56 bits per heavy atom. The number of para-hydroxylation sites is 1. The molecule has 0 heterocycles. The fraction of sp³-hybridized carbons (Fsp3) is 0.208. The van der Waals surface area contributed by atoms with Crippen LogP contribution in [-0.2, 0) is 21.4 Å². The number of anilines is 1. The summed E-state index contributed by atoms with van der Waals surface area (Å²) in [6, 6.07) is 20.4. The number of sulfonamides is 1. The number of amides is 1. The molecule has 8 heteroatoms. The molecule has 32 heavy (non-hydrogen) atoms. The van der Waals surface area contributed by atoms with Crippen LogP contribution in [0.3, 0.4) is 0 Å². The van der Waals surface area contributed by atoms with E-state index in [2.05, 4.69) is 5.32 Å². The first-order valence-corrected chi connectivity index (χ1v) is 11.4. The molecule has 3 aromatic rings. The van der Waals surface area contributed by atoms with Gasteiger partial charge in [-0.25, -0.2) is 8.42 Å². The van der Waals surface area contributed by atoms with Crippen molar-refractivity contribution in [2.24, 2.45) is 0 Å². The normalized spacial score (nSPS) is 11.0. The molecule has 0 aromatic heterocycles. The molecule has 1 N–H and O–H groups in total. The summed E-state index contributed by atoms with van der Waals surface area (Å²) in [5, 5.41) is 2.78. The largest absolute Gasteiger partial charge is 0.493 e. The van der Waals surface area contributed by atoms with Crippen molar-refractivity contribution in [2.45, 2.75) is 18.4 Å². The molecule has 1 amide bonds. The van der Waals surface area contributed by atoms with Gasteiger partial charge in [0.2, 0.25) is 5.91 Å². The molecule has 0 bridgehead atoms. The number of aryl methyl sites for hydroxylation is 1. The fourth-order valence-corrected chi connectivity index (χ4v) is 4.55. The van der Waals surface area contributed by atoms with E-state index in [1.54, 1.807) is 79.9 Å². The van der Waals surface area contributed by atoms with Gasteiger partial charge in [-0.2, -0.15) is 0 Å². The topological polar surface area (TPSA) is 84.9 Å². The van der Waals surface area contributed by atoms with E-state index in [9.17, 15) is 13.2 Å². The third kappa shape index (κ3) is 5.39. The summed E-state index contributed by atoms with van der Waals surface area (Å²) in [4.78, 5) is 12.9. The third-order valence-corrected chi connectivity index (χ3v) is 6.67. The Morgan fingerprint density at radius 3 is 2.19 bits per heavy atom. The minimum Gasteiger partial charge on any atom is -0.493 e. The molecule has 3 aromatic carbocycles. The summed E-state index contributed by atoms with van der Waals surface area (Å²) >= 11 is 0. The van der Waals surface area contributed by atoms with Gasteiger partial charge >= 0.3 is 0 Å². The number of nitrogens with zero attached hydrogens (tertiary/aromatic N) is 1. The van der Waals surface area contributed by atoms with Crippen molar-refractivity contribution >= 4 is 21.6 Å². The van der Waals surface area contributed by atoms with Crippen LogP contribution in [-0.4, -0.2) is 35.1 Å². The summed E-state index contributed by atoms with van der Waals surface area (Å²) in [6.45, 7) is 1.74. The van der Waals surface area contributed by atoms with Gasteiger partial charge in [0.25, 0.3) is 10.0 Å². The number of benzene rings is 3. The summed E-state index contributed by atoms with van der Waals surface area (Å²) in [6.07, 6.45) is 0. The zero-order chi connectivity index (χ0) is 23.1. The Kier molecular flexibility index (Phi) is 7.37. The minimum atomic E-state index is -3.93. The van der Waals surface area contributed by atoms with Crippen molar-refractivity contribution < 1.29 is 22.7 Å². The monoisotopic (exact) mass is 454 g/mol. The highest BCUT2D eigenvalue weighted by molar-refractivity contribution is 7.92. The molecular weight excluding hydrogens is 428 g/mol. The number of methoxy groups -OCH3 is 2. The van der Waals surface area contributed by atoms with Crippen LogP contribution < -0.4 is 19.1 Å². The lowest BCUT2D eigenvalue weighted by Gasteiger charge is -2.24. The van der Waals surface area contributed by atoms with Crippen LogP contribution in [0.2, 0.25) is 0 Å². The Bertz CT molecular complexity index is 1160. The minimum absolute atomic E-state index is 0.125. The summed E-state index contributed by atoms with van der Waals surface area (Å²) in [5.74, 6) is 0.702. The van der Waals surface area contributed by atoms with Crippen LogP contribution in [0, 0.1) is 6.92 Å². The first-order valence-electron chi connectivity index (χ1n) is 9.97. The van der Waals surface area contributed by atoms with Gasteiger partial charge in [-0.05, 0) is 48.9 Å². The molecule has 7 nitrogen and oxygen atoms in total. The van der Waals surface area contributed by atoms with Crippen LogP contribution in [0.5, 0.6) is 11.5 Å². The van der Waals surface area contributed by atoms with Crippen molar-refractivity contribution in [1.29, 1.82) is 0 Å². The molecule has 3 rings (SSSR count). The molecule has 168 valence electrons. The van der Waals surface area contributed by atoms with Crippen LogP contribution in [0.1, 0.15) is 11.1 Å². The Labute approximate surface area is 188 Å². The molecule has 0 radical (unpaired) electrons. The molecule has 0 fully saturated rings. The molecule has 0 aliphatic rings. The number of hydrogen-bond donors (Lipinski definition) is 1. The smallest absolute Gasteiger partial charge is 0.264 e. The van der Waals surface area contributed by atoms with Crippen molar-refractivity contribution in [3.8, 4) is 11.5 Å². The molecule has 0 spiro atoms. The number of carbonyl (C=O) groups excluding carboxylic acids is 1. The molecule has 0 atom stereocenters. The Hall–Kier alpha value is -3.52. The second-order valence-electron chi connectivity index (χ2n) is 7.13. The van der Waals surface area contributed by atoms with Crippen LogP contribution in [0.25, 0.3) is 0 Å². The highest BCUT2D eigenvalue weighted by Crippen LogP contribution is 2.27. The van der Waals surface area contributed by atoms with Crippen molar-refractivity contribution in [2.75, 3.05) is 25.1 Å². The maximum absolute atomic E-state index is 13.3. The lowest BCUT2D eigenvalue weighted by Crippen LogP contribution is -2.40. The second kappa shape index (κ2) is 10.2. The molecule has 0 saturated carbocycles. The lowest BCUT2D eigenvalue weighted by atomic mass is 10.2. The van der Waals surface area contributed by atoms with Gasteiger partial charge in [-0.1, -0.05) is 42.0 Å². The van der Waals surface area contributed by atoms with E-state index in [1.165, 1.54) is 7.11 Å². The van der Waals surface area contributed by atoms with E-state index >= 15 is 0 Å². The SMILES string of the molecule is COc1ccc(CNC(=O)CN(c2ccccc2)S(=O)(=O)c2ccc(C)cc2)cc1OC. The van der Waals surface area contributed by atoms with Gasteiger partial charge in [0, 0.05) is 6.54 Å². The highest BCUT2D eigenvalue weighted by Gasteiger charge is 2.27. The van der Waals surface area contributed by atoms with E-state index in [1.807, 2.05) is 6.92 Å². The van der Waals surface area contributed by atoms with Gasteiger partial charge in [-0.3, -0.25) is 9.10 Å². The molecule has 0 aliphatic heterocycles. The standard InChI is InChI=1S/C24H26N2O5S/c1-18-9-12-21(13-10-18)32(28,29)26(20-7-5-4-6-8-20)17-24(27)25-16-19-11-14-22(30-2)23(15-19)31-3/h4-15H,16-17H2,1-3H3,(H,25,27). The third-order valence-electron chi connectivity index (χ3n) is 4.88. The Morgan fingerprint density at radius 1 is 0.906 bits per heavy atom. The van der Waals surface area contributed by atoms with Crippen LogP contribution in [0.15, 0.2) is 77.7 Å². The average Bonchev–Trinajstić information content (AvgIpc) is 2.81. The average molecular weight is 455 g/mol. The van der Waals surface area contributed by atoms with E-state index in [4.69, 9.17) is 9.47 Å². The second-order valence-corrected chi connectivity index (χ2v) is 8.99. The predicted molar refractivity (Wildman–Crippen MR) is 124 cm³/mol. The highest BCUT2D eigenvalue weighted by atomic mass is 32.2. The van der Waals surface area contributed by atoms with E-state index in [-0.39, 0.29) is 18.0 Å². The molecule has 0 saturated heterocycles.